The molecule has 0 saturated heterocycles. The zero-order chi connectivity index (χ0) is 13.5. The highest BCUT2D eigenvalue weighted by atomic mass is 16.5. The van der Waals surface area contributed by atoms with Crippen LogP contribution in [0.25, 0.3) is 0 Å². The van der Waals surface area contributed by atoms with Gasteiger partial charge in [-0.25, -0.2) is 0 Å². The van der Waals surface area contributed by atoms with E-state index >= 15 is 0 Å². The number of hydrogen-bond acceptors (Lipinski definition) is 3. The highest BCUT2D eigenvalue weighted by molar-refractivity contribution is 5.98. The molecule has 0 saturated carbocycles. The van der Waals surface area contributed by atoms with Gasteiger partial charge in [0.1, 0.15) is 5.75 Å². The average Bonchev–Trinajstić information content (AvgIpc) is 2.35. The predicted octanol–water partition coefficient (Wildman–Crippen LogP) is 2.18. The van der Waals surface area contributed by atoms with Crippen LogP contribution in [-0.2, 0) is 4.79 Å². The van der Waals surface area contributed by atoms with E-state index in [0.717, 1.165) is 0 Å². The van der Waals surface area contributed by atoms with Crippen LogP contribution in [0.2, 0.25) is 0 Å². The van der Waals surface area contributed by atoms with Crippen molar-refractivity contribution in [1.29, 1.82) is 0 Å². The monoisotopic (exact) mass is 249 g/mol. The molecule has 0 radical (unpaired) electrons. The Hall–Kier alpha value is -1.84. The molecule has 0 spiro atoms. The van der Waals surface area contributed by atoms with Gasteiger partial charge >= 0.3 is 0 Å². The van der Waals surface area contributed by atoms with Crippen LogP contribution in [-0.4, -0.2) is 24.3 Å². The summed E-state index contributed by atoms with van der Waals surface area (Å²) < 4.78 is 5.39. The Kier molecular flexibility index (Phi) is 5.36. The van der Waals surface area contributed by atoms with E-state index in [1.54, 1.807) is 31.2 Å². The first-order valence-electron chi connectivity index (χ1n) is 6.09. The fraction of sp³-hybridized carbons (Fsp3) is 0.429. The second kappa shape index (κ2) is 6.79. The number of carbonyl (C=O) groups excluding carboxylic acids is 2. The van der Waals surface area contributed by atoms with E-state index in [9.17, 15) is 9.59 Å². The molecule has 4 heteroatoms. The highest BCUT2D eigenvalue weighted by Crippen LogP contribution is 2.19. The van der Waals surface area contributed by atoms with Crippen LogP contribution in [0, 0.1) is 0 Å². The van der Waals surface area contributed by atoms with Crippen LogP contribution in [0.5, 0.6) is 5.75 Å². The fourth-order valence-electron chi connectivity index (χ4n) is 1.52. The molecule has 0 unspecified atom stereocenters. The molecular formula is C14H19NO3. The molecule has 1 N–H and O–H groups in total. The molecule has 1 rings (SSSR count). The number of nitrogens with one attached hydrogen (secondary N) is 1. The van der Waals surface area contributed by atoms with Crippen LogP contribution in [0.4, 0.5) is 0 Å². The summed E-state index contributed by atoms with van der Waals surface area (Å²) in [5, 5.41) is 2.73. The van der Waals surface area contributed by atoms with E-state index in [4.69, 9.17) is 4.74 Å². The van der Waals surface area contributed by atoms with Crippen molar-refractivity contribution in [1.82, 2.24) is 5.32 Å². The predicted molar refractivity (Wildman–Crippen MR) is 69.8 cm³/mol. The molecule has 0 aromatic heterocycles. The first-order chi connectivity index (χ1) is 8.54. The van der Waals surface area contributed by atoms with E-state index in [1.807, 2.05) is 13.8 Å². The van der Waals surface area contributed by atoms with E-state index in [0.29, 0.717) is 17.7 Å². The summed E-state index contributed by atoms with van der Waals surface area (Å²) in [5.74, 6) is 0.280. The third-order valence-electron chi connectivity index (χ3n) is 2.32. The van der Waals surface area contributed by atoms with E-state index in [2.05, 4.69) is 5.32 Å². The van der Waals surface area contributed by atoms with Gasteiger partial charge in [0.25, 0.3) is 5.91 Å². The number of Topliss-reactive ketones (excluding diaryl/α,β-unsaturated/α-hetero) is 1. The zero-order valence-electron chi connectivity index (χ0n) is 11.0. The van der Waals surface area contributed by atoms with Gasteiger partial charge in [0.05, 0.1) is 5.56 Å². The minimum absolute atomic E-state index is 0.00914. The minimum Gasteiger partial charge on any atom is -0.483 e. The highest BCUT2D eigenvalue weighted by Gasteiger charge is 2.11. The van der Waals surface area contributed by atoms with E-state index < -0.39 is 0 Å². The number of rotatable bonds is 6. The second-order valence-electron chi connectivity index (χ2n) is 4.28. The van der Waals surface area contributed by atoms with Gasteiger partial charge in [-0.3, -0.25) is 9.59 Å². The molecule has 0 aliphatic carbocycles. The Labute approximate surface area is 107 Å². The first-order valence-corrected chi connectivity index (χ1v) is 6.09. The summed E-state index contributed by atoms with van der Waals surface area (Å²) in [7, 11) is 0. The van der Waals surface area contributed by atoms with Crippen LogP contribution >= 0.6 is 0 Å². The number of carbonyl (C=O) groups is 2. The van der Waals surface area contributed by atoms with Crippen LogP contribution in [0.15, 0.2) is 24.3 Å². The Morgan fingerprint density at radius 2 is 1.94 bits per heavy atom. The van der Waals surface area contributed by atoms with Gasteiger partial charge in [-0.15, -0.1) is 0 Å². The van der Waals surface area contributed by atoms with E-state index in [-0.39, 0.29) is 24.3 Å². The standard InChI is InChI=1S/C14H19NO3/c1-4-12(16)11-7-5-6-8-13(11)18-9-14(17)15-10(2)3/h5-8,10H,4,9H2,1-3H3,(H,15,17). The van der Waals surface area contributed by atoms with Crippen LogP contribution in [0.3, 0.4) is 0 Å². The largest absolute Gasteiger partial charge is 0.483 e. The summed E-state index contributed by atoms with van der Waals surface area (Å²) >= 11 is 0. The van der Waals surface area contributed by atoms with Crippen molar-refractivity contribution in [2.24, 2.45) is 0 Å². The number of ketones is 1. The Bertz CT molecular complexity index is 427. The lowest BCUT2D eigenvalue weighted by Crippen LogP contribution is -2.34. The number of benzene rings is 1. The molecular weight excluding hydrogens is 230 g/mol. The quantitative estimate of drug-likeness (QED) is 0.786. The first kappa shape index (κ1) is 14.2. The smallest absolute Gasteiger partial charge is 0.258 e. The van der Waals surface area contributed by atoms with Gasteiger partial charge in [0, 0.05) is 12.5 Å². The van der Waals surface area contributed by atoms with Gasteiger partial charge in [-0.05, 0) is 26.0 Å². The van der Waals surface area contributed by atoms with Crippen molar-refractivity contribution in [3.8, 4) is 5.75 Å². The number of amides is 1. The molecule has 0 aliphatic heterocycles. The second-order valence-corrected chi connectivity index (χ2v) is 4.28. The molecule has 1 amide bonds. The zero-order valence-corrected chi connectivity index (χ0v) is 11.0. The molecule has 1 aromatic rings. The number of ether oxygens (including phenoxy) is 1. The van der Waals surface area contributed by atoms with Gasteiger partial charge in [0.2, 0.25) is 0 Å². The third-order valence-corrected chi connectivity index (χ3v) is 2.32. The maximum Gasteiger partial charge on any atom is 0.258 e. The fourth-order valence-corrected chi connectivity index (χ4v) is 1.52. The molecule has 1 aromatic carbocycles. The van der Waals surface area contributed by atoms with Crippen molar-refractivity contribution >= 4 is 11.7 Å². The van der Waals surface area contributed by atoms with E-state index in [1.165, 1.54) is 0 Å². The molecule has 98 valence electrons. The lowest BCUT2D eigenvalue weighted by atomic mass is 10.1. The van der Waals surface area contributed by atoms with Crippen molar-refractivity contribution in [2.75, 3.05) is 6.61 Å². The molecule has 0 atom stereocenters. The Morgan fingerprint density at radius 1 is 1.28 bits per heavy atom. The lowest BCUT2D eigenvalue weighted by molar-refractivity contribution is -0.123. The van der Waals surface area contributed by atoms with Gasteiger partial charge in [-0.2, -0.15) is 0 Å². The van der Waals surface area contributed by atoms with Crippen molar-refractivity contribution < 1.29 is 14.3 Å². The van der Waals surface area contributed by atoms with Gasteiger partial charge in [0.15, 0.2) is 12.4 Å². The summed E-state index contributed by atoms with van der Waals surface area (Å²) in [6, 6.07) is 7.05. The van der Waals surface area contributed by atoms with Crippen LogP contribution in [0.1, 0.15) is 37.6 Å². The van der Waals surface area contributed by atoms with Crippen molar-refractivity contribution in [3.05, 3.63) is 29.8 Å². The topological polar surface area (TPSA) is 55.4 Å². The number of para-hydroxylation sites is 1. The Morgan fingerprint density at radius 3 is 2.56 bits per heavy atom. The number of hydrogen-bond donors (Lipinski definition) is 1. The molecule has 0 bridgehead atoms. The average molecular weight is 249 g/mol. The summed E-state index contributed by atoms with van der Waals surface area (Å²) in [6.07, 6.45) is 0.415. The molecule has 4 nitrogen and oxygen atoms in total. The van der Waals surface area contributed by atoms with Crippen LogP contribution < -0.4 is 10.1 Å². The molecule has 0 fully saturated rings. The van der Waals surface area contributed by atoms with Gasteiger partial charge < -0.3 is 10.1 Å². The Balaban J connectivity index is 2.67. The van der Waals surface area contributed by atoms with Crippen molar-refractivity contribution in [2.45, 2.75) is 33.2 Å². The third kappa shape index (κ3) is 4.20. The summed E-state index contributed by atoms with van der Waals surface area (Å²) in [6.45, 7) is 5.48. The molecule has 0 heterocycles. The SMILES string of the molecule is CCC(=O)c1ccccc1OCC(=O)NC(C)C. The minimum atomic E-state index is -0.191. The van der Waals surface area contributed by atoms with Gasteiger partial charge in [-0.1, -0.05) is 19.1 Å². The summed E-state index contributed by atoms with van der Waals surface area (Å²) in [5.41, 5.74) is 0.525. The normalized spacial score (nSPS) is 10.2. The van der Waals surface area contributed by atoms with Crippen molar-refractivity contribution in [3.63, 3.8) is 0 Å². The molecule has 18 heavy (non-hydrogen) atoms. The maximum atomic E-state index is 11.7. The molecule has 0 aliphatic rings. The summed E-state index contributed by atoms with van der Waals surface area (Å²) in [4.78, 5) is 23.1. The lowest BCUT2D eigenvalue weighted by Gasteiger charge is -2.11. The maximum absolute atomic E-state index is 11.7.